The molecule has 0 saturated heterocycles. The van der Waals surface area contributed by atoms with Crippen molar-refractivity contribution in [2.24, 2.45) is 0 Å². The molecule has 25 heavy (non-hydrogen) atoms. The Balaban J connectivity index is 1.61. The highest BCUT2D eigenvalue weighted by Crippen LogP contribution is 2.20. The van der Waals surface area contributed by atoms with Crippen molar-refractivity contribution < 1.29 is 14.3 Å². The number of anilines is 1. The highest BCUT2D eigenvalue weighted by Gasteiger charge is 2.25. The predicted octanol–water partition coefficient (Wildman–Crippen LogP) is 3.00. The average Bonchev–Trinajstić information content (AvgIpc) is 2.62. The van der Waals surface area contributed by atoms with Gasteiger partial charge in [0.15, 0.2) is 0 Å². The van der Waals surface area contributed by atoms with Crippen LogP contribution >= 0.6 is 0 Å². The lowest BCUT2D eigenvalue weighted by molar-refractivity contribution is -0.143. The normalized spacial score (nSPS) is 13.3. The molecule has 5 nitrogen and oxygen atoms in total. The number of benzene rings is 2. The Morgan fingerprint density at radius 3 is 2.40 bits per heavy atom. The van der Waals surface area contributed by atoms with E-state index in [1.54, 1.807) is 29.2 Å². The van der Waals surface area contributed by atoms with Crippen LogP contribution in [0.2, 0.25) is 0 Å². The minimum Gasteiger partial charge on any atom is -0.491 e. The van der Waals surface area contributed by atoms with E-state index in [1.807, 2.05) is 32.0 Å². The van der Waals surface area contributed by atoms with Crippen LogP contribution in [0.1, 0.15) is 25.0 Å². The number of ether oxygens (including phenoxy) is 1. The third-order valence-electron chi connectivity index (χ3n) is 4.10. The van der Waals surface area contributed by atoms with Crippen LogP contribution in [0.5, 0.6) is 5.75 Å². The van der Waals surface area contributed by atoms with E-state index >= 15 is 0 Å². The van der Waals surface area contributed by atoms with Crippen LogP contribution < -0.4 is 10.1 Å². The van der Waals surface area contributed by atoms with Gasteiger partial charge in [0.25, 0.3) is 0 Å². The van der Waals surface area contributed by atoms with Crippen LogP contribution in [0.3, 0.4) is 0 Å². The minimum atomic E-state index is -0.614. The number of hydrogen-bond acceptors (Lipinski definition) is 3. The van der Waals surface area contributed by atoms with Crippen molar-refractivity contribution in [1.29, 1.82) is 0 Å². The second kappa shape index (κ2) is 7.38. The topological polar surface area (TPSA) is 58.6 Å². The van der Waals surface area contributed by atoms with Gasteiger partial charge in [-0.2, -0.15) is 0 Å². The Morgan fingerprint density at radius 2 is 1.72 bits per heavy atom. The summed E-state index contributed by atoms with van der Waals surface area (Å²) in [5.74, 6) is -0.388. The first-order valence-corrected chi connectivity index (χ1v) is 8.46. The van der Waals surface area contributed by atoms with Crippen molar-refractivity contribution in [2.45, 2.75) is 32.9 Å². The smallest absolute Gasteiger partial charge is 0.313 e. The molecule has 0 spiro atoms. The molecule has 130 valence electrons. The third-order valence-corrected chi connectivity index (χ3v) is 4.10. The minimum absolute atomic E-state index is 0.0870. The van der Waals surface area contributed by atoms with E-state index in [1.165, 1.54) is 5.56 Å². The van der Waals surface area contributed by atoms with Crippen molar-refractivity contribution in [3.63, 3.8) is 0 Å². The summed E-state index contributed by atoms with van der Waals surface area (Å²) in [5.41, 5.74) is 2.92. The summed E-state index contributed by atoms with van der Waals surface area (Å²) < 4.78 is 5.56. The summed E-state index contributed by atoms with van der Waals surface area (Å²) in [7, 11) is 0. The van der Waals surface area contributed by atoms with Gasteiger partial charge >= 0.3 is 11.8 Å². The van der Waals surface area contributed by atoms with E-state index in [-0.39, 0.29) is 6.10 Å². The first-order chi connectivity index (χ1) is 12.0. The molecule has 0 fully saturated rings. The Morgan fingerprint density at radius 1 is 1.04 bits per heavy atom. The molecule has 1 N–H and O–H groups in total. The lowest BCUT2D eigenvalue weighted by atomic mass is 10.00. The van der Waals surface area contributed by atoms with Crippen LogP contribution in [0.25, 0.3) is 0 Å². The van der Waals surface area contributed by atoms with Gasteiger partial charge in [0.05, 0.1) is 6.10 Å². The zero-order valence-corrected chi connectivity index (χ0v) is 14.5. The lowest BCUT2D eigenvalue weighted by Gasteiger charge is -2.28. The molecule has 3 rings (SSSR count). The predicted molar refractivity (Wildman–Crippen MR) is 96.4 cm³/mol. The Kier molecular flexibility index (Phi) is 5.03. The summed E-state index contributed by atoms with van der Waals surface area (Å²) in [6.45, 7) is 4.93. The van der Waals surface area contributed by atoms with Crippen LogP contribution in [-0.4, -0.2) is 29.4 Å². The molecule has 0 aliphatic carbocycles. The van der Waals surface area contributed by atoms with Gasteiger partial charge in [-0.15, -0.1) is 0 Å². The molecule has 1 aliphatic heterocycles. The number of amides is 2. The van der Waals surface area contributed by atoms with Crippen LogP contribution in [0.15, 0.2) is 48.5 Å². The molecule has 2 aromatic carbocycles. The van der Waals surface area contributed by atoms with Crippen molar-refractivity contribution in [2.75, 3.05) is 11.9 Å². The first-order valence-electron chi connectivity index (χ1n) is 8.46. The van der Waals surface area contributed by atoms with Crippen molar-refractivity contribution in [3.8, 4) is 5.75 Å². The number of carbonyl (C=O) groups excluding carboxylic acids is 2. The zero-order chi connectivity index (χ0) is 17.8. The van der Waals surface area contributed by atoms with Crippen LogP contribution in [0, 0.1) is 0 Å². The van der Waals surface area contributed by atoms with E-state index in [9.17, 15) is 9.59 Å². The van der Waals surface area contributed by atoms with E-state index < -0.39 is 11.8 Å². The zero-order valence-electron chi connectivity index (χ0n) is 14.5. The quantitative estimate of drug-likeness (QED) is 0.875. The maximum Gasteiger partial charge on any atom is 0.313 e. The molecule has 2 amide bonds. The van der Waals surface area contributed by atoms with Gasteiger partial charge in [-0.1, -0.05) is 24.3 Å². The van der Waals surface area contributed by atoms with Gasteiger partial charge < -0.3 is 15.0 Å². The molecule has 0 atom stereocenters. The lowest BCUT2D eigenvalue weighted by Crippen LogP contribution is -2.42. The number of nitrogens with one attached hydrogen (secondary N) is 1. The van der Waals surface area contributed by atoms with E-state index in [0.29, 0.717) is 18.8 Å². The summed E-state index contributed by atoms with van der Waals surface area (Å²) in [6, 6.07) is 15.0. The number of carbonyl (C=O) groups is 2. The van der Waals surface area contributed by atoms with Gasteiger partial charge in [-0.3, -0.25) is 9.59 Å². The molecule has 0 aromatic heterocycles. The summed E-state index contributed by atoms with van der Waals surface area (Å²) in [6.07, 6.45) is 0.861. The molecular formula is C20H22N2O3. The molecule has 5 heteroatoms. The molecule has 1 heterocycles. The highest BCUT2D eigenvalue weighted by atomic mass is 16.5. The van der Waals surface area contributed by atoms with Gasteiger partial charge in [0.2, 0.25) is 0 Å². The van der Waals surface area contributed by atoms with E-state index in [2.05, 4.69) is 11.4 Å². The molecule has 0 radical (unpaired) electrons. The van der Waals surface area contributed by atoms with Gasteiger partial charge in [0.1, 0.15) is 5.75 Å². The summed E-state index contributed by atoms with van der Waals surface area (Å²) in [5, 5.41) is 2.66. The van der Waals surface area contributed by atoms with Gasteiger partial charge in [-0.05, 0) is 55.7 Å². The summed E-state index contributed by atoms with van der Waals surface area (Å²) >= 11 is 0. The highest BCUT2D eigenvalue weighted by molar-refractivity contribution is 6.39. The molecule has 0 bridgehead atoms. The molecular weight excluding hydrogens is 316 g/mol. The second-order valence-electron chi connectivity index (χ2n) is 6.39. The second-order valence-corrected chi connectivity index (χ2v) is 6.39. The van der Waals surface area contributed by atoms with Crippen molar-refractivity contribution >= 4 is 17.5 Å². The fourth-order valence-electron chi connectivity index (χ4n) is 2.89. The molecule has 0 saturated carbocycles. The number of hydrogen-bond donors (Lipinski definition) is 1. The van der Waals surface area contributed by atoms with E-state index in [4.69, 9.17) is 4.74 Å². The maximum atomic E-state index is 12.4. The first kappa shape index (κ1) is 17.0. The van der Waals surface area contributed by atoms with Crippen LogP contribution in [0.4, 0.5) is 5.69 Å². The van der Waals surface area contributed by atoms with Crippen molar-refractivity contribution in [1.82, 2.24) is 4.90 Å². The van der Waals surface area contributed by atoms with Crippen LogP contribution in [-0.2, 0) is 22.6 Å². The maximum absolute atomic E-state index is 12.4. The summed E-state index contributed by atoms with van der Waals surface area (Å²) in [4.78, 5) is 26.3. The fraction of sp³-hybridized carbons (Fsp3) is 0.300. The molecule has 0 unspecified atom stereocenters. The van der Waals surface area contributed by atoms with Gasteiger partial charge in [-0.25, -0.2) is 0 Å². The Bertz CT molecular complexity index is 769. The number of fused-ring (bicyclic) bond motifs is 1. The van der Waals surface area contributed by atoms with Crippen molar-refractivity contribution in [3.05, 3.63) is 59.7 Å². The Hall–Kier alpha value is -2.82. The largest absolute Gasteiger partial charge is 0.491 e. The fourth-order valence-corrected chi connectivity index (χ4v) is 2.89. The number of rotatable bonds is 3. The average molecular weight is 338 g/mol. The third kappa shape index (κ3) is 4.18. The standard InChI is InChI=1S/C20H22N2O3/c1-14(2)25-18-9-7-17(8-10-18)21-19(23)20(24)22-12-11-15-5-3-4-6-16(15)13-22/h3-10,14H,11-13H2,1-2H3,(H,21,23). The monoisotopic (exact) mass is 338 g/mol. The molecule has 2 aromatic rings. The molecule has 1 aliphatic rings. The SMILES string of the molecule is CC(C)Oc1ccc(NC(=O)C(=O)N2CCc3ccccc3C2)cc1. The van der Waals surface area contributed by atoms with E-state index in [0.717, 1.165) is 17.7 Å². The number of nitrogens with zero attached hydrogens (tertiary/aromatic N) is 1. The Labute approximate surface area is 147 Å². The van der Waals surface area contributed by atoms with Gasteiger partial charge in [0, 0.05) is 18.8 Å².